The lowest BCUT2D eigenvalue weighted by molar-refractivity contribution is 0.476. The first kappa shape index (κ1) is 18.6. The van der Waals surface area contributed by atoms with E-state index in [0.717, 1.165) is 11.1 Å². The number of halogens is 2. The number of rotatable bonds is 3. The van der Waals surface area contributed by atoms with Crippen molar-refractivity contribution in [2.45, 2.75) is 26.2 Å². The molecule has 2 aromatic carbocycles. The first-order valence-electron chi connectivity index (χ1n) is 8.17. The van der Waals surface area contributed by atoms with Crippen LogP contribution >= 0.6 is 23.2 Å². The zero-order valence-corrected chi connectivity index (χ0v) is 16.3. The Bertz CT molecular complexity index is 951. The van der Waals surface area contributed by atoms with Gasteiger partial charge < -0.3 is 9.52 Å². The number of furan rings is 1. The van der Waals surface area contributed by atoms with Crippen molar-refractivity contribution in [1.82, 2.24) is 0 Å². The third-order valence-electron chi connectivity index (χ3n) is 4.00. The highest BCUT2D eigenvalue weighted by Crippen LogP contribution is 2.38. The van der Waals surface area contributed by atoms with Gasteiger partial charge >= 0.3 is 0 Å². The van der Waals surface area contributed by atoms with Crippen LogP contribution in [-0.4, -0.2) is 11.3 Å². The molecule has 0 spiro atoms. The Morgan fingerprint density at radius 1 is 1.00 bits per heavy atom. The first-order chi connectivity index (χ1) is 12.2. The van der Waals surface area contributed by atoms with Gasteiger partial charge in [0.05, 0.1) is 11.2 Å². The first-order valence-corrected chi connectivity index (χ1v) is 8.92. The van der Waals surface area contributed by atoms with Crippen molar-refractivity contribution in [1.29, 1.82) is 0 Å². The zero-order valence-electron chi connectivity index (χ0n) is 14.8. The van der Waals surface area contributed by atoms with Gasteiger partial charge in [-0.15, -0.1) is 0 Å². The zero-order chi connectivity index (χ0) is 18.9. The normalized spacial score (nSPS) is 12.0. The van der Waals surface area contributed by atoms with Crippen LogP contribution in [0.1, 0.15) is 32.1 Å². The Morgan fingerprint density at radius 2 is 1.69 bits per heavy atom. The second kappa shape index (κ2) is 7.18. The Morgan fingerprint density at radius 3 is 2.35 bits per heavy atom. The van der Waals surface area contributed by atoms with Gasteiger partial charge in [0.1, 0.15) is 17.2 Å². The van der Waals surface area contributed by atoms with Gasteiger partial charge in [0.25, 0.3) is 0 Å². The van der Waals surface area contributed by atoms with Gasteiger partial charge in [0.2, 0.25) is 0 Å². The predicted molar refractivity (Wildman–Crippen MR) is 108 cm³/mol. The van der Waals surface area contributed by atoms with E-state index in [1.165, 1.54) is 0 Å². The summed E-state index contributed by atoms with van der Waals surface area (Å²) in [7, 11) is 0. The van der Waals surface area contributed by atoms with Crippen LogP contribution in [0.15, 0.2) is 57.9 Å². The number of hydrogen-bond acceptors (Lipinski definition) is 3. The van der Waals surface area contributed by atoms with Crippen LogP contribution in [0.25, 0.3) is 11.3 Å². The average Bonchev–Trinajstić information content (AvgIpc) is 3.04. The molecule has 0 atom stereocenters. The summed E-state index contributed by atoms with van der Waals surface area (Å²) in [5.41, 5.74) is 2.23. The monoisotopic (exact) mass is 387 g/mol. The molecule has 0 unspecified atom stereocenters. The minimum atomic E-state index is -0.103. The van der Waals surface area contributed by atoms with Crippen molar-refractivity contribution in [3.8, 4) is 17.1 Å². The van der Waals surface area contributed by atoms with Gasteiger partial charge in [-0.25, -0.2) is 4.99 Å². The van der Waals surface area contributed by atoms with Crippen molar-refractivity contribution in [2.75, 3.05) is 0 Å². The molecule has 0 aliphatic carbocycles. The predicted octanol–water partition coefficient (Wildman–Crippen LogP) is 7.01. The molecule has 0 aliphatic rings. The van der Waals surface area contributed by atoms with Crippen LogP contribution in [0.2, 0.25) is 10.0 Å². The van der Waals surface area contributed by atoms with Crippen molar-refractivity contribution in [2.24, 2.45) is 4.99 Å². The molecule has 0 radical (unpaired) electrons. The standard InChI is InChI=1S/C21H19Cl2NO2/c1-21(2,3)14-10-17(23)20(25)18(11-14)24-12-16-8-9-19(26-16)13-4-6-15(22)7-5-13/h4-12,25H,1-3H3. The molecule has 3 aromatic rings. The van der Waals surface area contributed by atoms with E-state index in [4.69, 9.17) is 27.6 Å². The fourth-order valence-corrected chi connectivity index (χ4v) is 2.78. The molecule has 0 fully saturated rings. The van der Waals surface area contributed by atoms with Crippen LogP contribution in [0.4, 0.5) is 5.69 Å². The maximum absolute atomic E-state index is 10.2. The second-order valence-electron chi connectivity index (χ2n) is 7.04. The maximum atomic E-state index is 10.2. The molecule has 1 heterocycles. The van der Waals surface area contributed by atoms with Gasteiger partial charge in [0.15, 0.2) is 5.75 Å². The van der Waals surface area contributed by atoms with Crippen LogP contribution in [0.5, 0.6) is 5.75 Å². The molecule has 0 aliphatic heterocycles. The SMILES string of the molecule is CC(C)(C)c1cc(Cl)c(O)c(N=Cc2ccc(-c3ccc(Cl)cc3)o2)c1. The number of benzene rings is 2. The third-order valence-corrected chi connectivity index (χ3v) is 4.54. The molecule has 3 rings (SSSR count). The van der Waals surface area contributed by atoms with Gasteiger partial charge in [-0.3, -0.25) is 0 Å². The van der Waals surface area contributed by atoms with Crippen LogP contribution in [-0.2, 0) is 5.41 Å². The summed E-state index contributed by atoms with van der Waals surface area (Å²) >= 11 is 12.1. The highest BCUT2D eigenvalue weighted by atomic mass is 35.5. The molecule has 0 saturated heterocycles. The highest BCUT2D eigenvalue weighted by molar-refractivity contribution is 6.32. The highest BCUT2D eigenvalue weighted by Gasteiger charge is 2.18. The summed E-state index contributed by atoms with van der Waals surface area (Å²) in [6.07, 6.45) is 1.57. The molecule has 0 bridgehead atoms. The van der Waals surface area contributed by atoms with Gasteiger partial charge in [-0.1, -0.05) is 44.0 Å². The summed E-state index contributed by atoms with van der Waals surface area (Å²) in [5.74, 6) is 1.25. The fraction of sp³-hybridized carbons (Fsp3) is 0.190. The fourth-order valence-electron chi connectivity index (χ4n) is 2.44. The van der Waals surface area contributed by atoms with E-state index in [9.17, 15) is 5.11 Å². The summed E-state index contributed by atoms with van der Waals surface area (Å²) in [4.78, 5) is 4.36. The molecule has 0 saturated carbocycles. The molecule has 0 amide bonds. The lowest BCUT2D eigenvalue weighted by atomic mass is 9.87. The van der Waals surface area contributed by atoms with Crippen LogP contribution in [0, 0.1) is 0 Å². The minimum absolute atomic E-state index is 0.0413. The Kier molecular flexibility index (Phi) is 5.12. The minimum Gasteiger partial charge on any atom is -0.504 e. The van der Waals surface area contributed by atoms with Gasteiger partial charge in [-0.2, -0.15) is 0 Å². The topological polar surface area (TPSA) is 45.7 Å². The summed E-state index contributed by atoms with van der Waals surface area (Å²) in [5, 5.41) is 11.1. The van der Waals surface area contributed by atoms with E-state index in [2.05, 4.69) is 25.8 Å². The Labute approximate surface area is 162 Å². The number of phenols is 1. The van der Waals surface area contributed by atoms with Crippen LogP contribution < -0.4 is 0 Å². The number of aromatic hydroxyl groups is 1. The van der Waals surface area contributed by atoms with E-state index in [0.29, 0.717) is 22.2 Å². The van der Waals surface area contributed by atoms with E-state index in [-0.39, 0.29) is 16.2 Å². The summed E-state index contributed by atoms with van der Waals surface area (Å²) in [6, 6.07) is 14.7. The van der Waals surface area contributed by atoms with Crippen molar-refractivity contribution in [3.63, 3.8) is 0 Å². The number of hydrogen-bond donors (Lipinski definition) is 1. The van der Waals surface area contributed by atoms with E-state index < -0.39 is 0 Å². The lowest BCUT2D eigenvalue weighted by Gasteiger charge is -2.20. The van der Waals surface area contributed by atoms with Gasteiger partial charge in [-0.05, 0) is 59.5 Å². The summed E-state index contributed by atoms with van der Waals surface area (Å²) < 4.78 is 5.79. The van der Waals surface area contributed by atoms with E-state index >= 15 is 0 Å². The Hall–Kier alpha value is -2.23. The van der Waals surface area contributed by atoms with E-state index in [1.54, 1.807) is 12.3 Å². The number of phenolic OH excluding ortho intramolecular Hbond substituents is 1. The molecule has 134 valence electrons. The van der Waals surface area contributed by atoms with Gasteiger partial charge in [0, 0.05) is 10.6 Å². The van der Waals surface area contributed by atoms with Crippen LogP contribution in [0.3, 0.4) is 0 Å². The smallest absolute Gasteiger partial charge is 0.159 e. The third kappa shape index (κ3) is 4.12. The molecule has 1 N–H and O–H groups in total. The molecular weight excluding hydrogens is 369 g/mol. The lowest BCUT2D eigenvalue weighted by Crippen LogP contribution is -2.10. The number of nitrogens with zero attached hydrogens (tertiary/aromatic N) is 1. The molecular formula is C21H19Cl2NO2. The molecule has 3 nitrogen and oxygen atoms in total. The molecule has 1 aromatic heterocycles. The average molecular weight is 388 g/mol. The van der Waals surface area contributed by atoms with Crippen molar-refractivity contribution in [3.05, 3.63) is 69.9 Å². The number of aliphatic imine (C=N–C) groups is 1. The van der Waals surface area contributed by atoms with E-state index in [1.807, 2.05) is 42.5 Å². The summed E-state index contributed by atoms with van der Waals surface area (Å²) in [6.45, 7) is 6.23. The van der Waals surface area contributed by atoms with Crippen molar-refractivity contribution < 1.29 is 9.52 Å². The second-order valence-corrected chi connectivity index (χ2v) is 7.89. The Balaban J connectivity index is 1.89. The maximum Gasteiger partial charge on any atom is 0.159 e. The largest absolute Gasteiger partial charge is 0.504 e. The quantitative estimate of drug-likeness (QED) is 0.491. The van der Waals surface area contributed by atoms with Crippen molar-refractivity contribution >= 4 is 35.1 Å². The molecule has 5 heteroatoms. The molecule has 26 heavy (non-hydrogen) atoms.